The third kappa shape index (κ3) is 4.62. The summed E-state index contributed by atoms with van der Waals surface area (Å²) in [5.74, 6) is -0.418. The predicted molar refractivity (Wildman–Crippen MR) is 84.2 cm³/mol. The number of anilines is 1. The molecule has 0 unspecified atom stereocenters. The Morgan fingerprint density at radius 1 is 1.00 bits per heavy atom. The molecule has 4 heteroatoms. The molecule has 4 nitrogen and oxygen atoms in total. The third-order valence-corrected chi connectivity index (χ3v) is 2.73. The van der Waals surface area contributed by atoms with Crippen molar-refractivity contribution in [3.63, 3.8) is 0 Å². The minimum atomic E-state index is -0.418. The fraction of sp³-hybridized carbons (Fsp3) is 0.0588. The van der Waals surface area contributed by atoms with Gasteiger partial charge in [0.05, 0.1) is 18.5 Å². The molecule has 0 heterocycles. The molecule has 0 saturated heterocycles. The van der Waals surface area contributed by atoms with Crippen molar-refractivity contribution in [1.82, 2.24) is 0 Å². The predicted octanol–water partition coefficient (Wildman–Crippen LogP) is 3.23. The summed E-state index contributed by atoms with van der Waals surface area (Å²) in [6.07, 6.45) is 2.97. The minimum Gasteiger partial charge on any atom is -0.466 e. The van der Waals surface area contributed by atoms with Crippen LogP contribution in [0.15, 0.2) is 77.9 Å². The first kappa shape index (κ1) is 14.5. The summed E-state index contributed by atoms with van der Waals surface area (Å²) in [5, 5.41) is 4.34. The van der Waals surface area contributed by atoms with E-state index in [1.54, 1.807) is 6.08 Å². The summed E-state index contributed by atoms with van der Waals surface area (Å²) in [4.78, 5) is 11.2. The number of methoxy groups -OCH3 is 1. The van der Waals surface area contributed by atoms with Gasteiger partial charge < -0.3 is 4.74 Å². The van der Waals surface area contributed by atoms with Crippen molar-refractivity contribution in [2.24, 2.45) is 5.10 Å². The molecular formula is C17H16N2O2. The van der Waals surface area contributed by atoms with Crippen molar-refractivity contribution >= 4 is 17.4 Å². The third-order valence-electron chi connectivity index (χ3n) is 2.73. The Labute approximate surface area is 123 Å². The first-order valence-corrected chi connectivity index (χ1v) is 6.50. The summed E-state index contributed by atoms with van der Waals surface area (Å²) in [7, 11) is 1.34. The molecule has 0 radical (unpaired) electrons. The number of hydrogen-bond acceptors (Lipinski definition) is 4. The maximum absolute atomic E-state index is 11.2. The van der Waals surface area contributed by atoms with E-state index in [4.69, 9.17) is 0 Å². The molecule has 1 N–H and O–H groups in total. The molecule has 0 amide bonds. The Morgan fingerprint density at radius 2 is 1.62 bits per heavy atom. The number of ether oxygens (including phenoxy) is 1. The van der Waals surface area contributed by atoms with Crippen LogP contribution in [0.25, 0.3) is 0 Å². The van der Waals surface area contributed by atoms with Crippen LogP contribution in [0, 0.1) is 0 Å². The van der Waals surface area contributed by atoms with E-state index in [-0.39, 0.29) is 0 Å². The van der Waals surface area contributed by atoms with Gasteiger partial charge in [-0.1, -0.05) is 48.5 Å². The number of carbonyl (C=O) groups is 1. The molecule has 2 rings (SSSR count). The Kier molecular flexibility index (Phi) is 5.29. The van der Waals surface area contributed by atoms with Gasteiger partial charge in [-0.2, -0.15) is 5.10 Å². The number of carbonyl (C=O) groups excluding carboxylic acids is 1. The van der Waals surface area contributed by atoms with E-state index in [1.807, 2.05) is 60.7 Å². The maximum Gasteiger partial charge on any atom is 0.330 e. The van der Waals surface area contributed by atoms with Crippen LogP contribution in [0.2, 0.25) is 0 Å². The molecule has 2 aromatic carbocycles. The summed E-state index contributed by atoms with van der Waals surface area (Å²) in [5.41, 5.74) is 5.39. The average Bonchev–Trinajstić information content (AvgIpc) is 2.56. The number of hydrogen-bond donors (Lipinski definition) is 1. The van der Waals surface area contributed by atoms with E-state index in [1.165, 1.54) is 13.2 Å². The second-order valence-corrected chi connectivity index (χ2v) is 4.20. The molecular weight excluding hydrogens is 264 g/mol. The van der Waals surface area contributed by atoms with Gasteiger partial charge in [-0.25, -0.2) is 4.79 Å². The molecule has 0 fully saturated rings. The molecule has 2 aromatic rings. The quantitative estimate of drug-likeness (QED) is 0.396. The van der Waals surface area contributed by atoms with Crippen molar-refractivity contribution in [2.45, 2.75) is 0 Å². The van der Waals surface area contributed by atoms with Crippen LogP contribution in [-0.4, -0.2) is 18.8 Å². The van der Waals surface area contributed by atoms with Crippen molar-refractivity contribution < 1.29 is 9.53 Å². The van der Waals surface area contributed by atoms with E-state index in [2.05, 4.69) is 15.3 Å². The smallest absolute Gasteiger partial charge is 0.330 e. The maximum atomic E-state index is 11.2. The summed E-state index contributed by atoms with van der Waals surface area (Å²) in [6, 6.07) is 19.2. The molecule has 106 valence electrons. The standard InChI is InChI=1S/C17H16N2O2/c1-21-17(20)13-12-16(14-8-4-2-5-9-14)19-18-15-10-6-3-7-11-15/h2-13,18H,1H3/b13-12-,19-16-. The molecule has 0 spiro atoms. The van der Waals surface area contributed by atoms with Gasteiger partial charge in [0.2, 0.25) is 0 Å². The topological polar surface area (TPSA) is 50.7 Å². The van der Waals surface area contributed by atoms with E-state index >= 15 is 0 Å². The number of esters is 1. The lowest BCUT2D eigenvalue weighted by Crippen LogP contribution is -2.03. The van der Waals surface area contributed by atoms with E-state index < -0.39 is 5.97 Å². The highest BCUT2D eigenvalue weighted by atomic mass is 16.5. The van der Waals surface area contributed by atoms with Gasteiger partial charge in [-0.3, -0.25) is 5.43 Å². The fourth-order valence-corrected chi connectivity index (χ4v) is 1.66. The summed E-state index contributed by atoms with van der Waals surface area (Å²) in [6.45, 7) is 0. The Morgan fingerprint density at radius 3 is 2.24 bits per heavy atom. The first-order chi connectivity index (χ1) is 10.3. The first-order valence-electron chi connectivity index (χ1n) is 6.50. The van der Waals surface area contributed by atoms with Gasteiger partial charge in [0.15, 0.2) is 0 Å². The molecule has 0 atom stereocenters. The summed E-state index contributed by atoms with van der Waals surface area (Å²) < 4.78 is 4.60. The van der Waals surface area contributed by atoms with Crippen molar-refractivity contribution in [3.05, 3.63) is 78.4 Å². The number of benzene rings is 2. The zero-order valence-corrected chi connectivity index (χ0v) is 11.7. The zero-order valence-electron chi connectivity index (χ0n) is 11.7. The number of nitrogens with one attached hydrogen (secondary N) is 1. The van der Waals surface area contributed by atoms with Crippen molar-refractivity contribution in [2.75, 3.05) is 12.5 Å². The SMILES string of the molecule is COC(=O)/C=C\C(=N\Nc1ccccc1)c1ccccc1. The van der Waals surface area contributed by atoms with Crippen LogP contribution in [0.5, 0.6) is 0 Å². The zero-order chi connectivity index (χ0) is 14.9. The van der Waals surface area contributed by atoms with E-state index in [0.29, 0.717) is 5.71 Å². The fourth-order valence-electron chi connectivity index (χ4n) is 1.66. The molecule has 0 aromatic heterocycles. The second-order valence-electron chi connectivity index (χ2n) is 4.20. The van der Waals surface area contributed by atoms with Gasteiger partial charge in [-0.15, -0.1) is 0 Å². The van der Waals surface area contributed by atoms with Gasteiger partial charge in [-0.05, 0) is 18.2 Å². The highest BCUT2D eigenvalue weighted by molar-refractivity contribution is 6.10. The van der Waals surface area contributed by atoms with Crippen molar-refractivity contribution in [3.8, 4) is 0 Å². The van der Waals surface area contributed by atoms with Crippen LogP contribution in [0.3, 0.4) is 0 Å². The molecule has 21 heavy (non-hydrogen) atoms. The Balaban J connectivity index is 2.23. The number of rotatable bonds is 5. The van der Waals surface area contributed by atoms with Crippen LogP contribution in [0.4, 0.5) is 5.69 Å². The average molecular weight is 280 g/mol. The lowest BCUT2D eigenvalue weighted by molar-refractivity contribution is -0.134. The number of para-hydroxylation sites is 1. The van der Waals surface area contributed by atoms with Crippen LogP contribution in [-0.2, 0) is 9.53 Å². The lowest BCUT2D eigenvalue weighted by Gasteiger charge is -2.04. The van der Waals surface area contributed by atoms with Crippen molar-refractivity contribution in [1.29, 1.82) is 0 Å². The van der Waals surface area contributed by atoms with Gasteiger partial charge in [0.25, 0.3) is 0 Å². The Hall–Kier alpha value is -2.88. The monoisotopic (exact) mass is 280 g/mol. The largest absolute Gasteiger partial charge is 0.466 e. The molecule has 0 bridgehead atoms. The number of allylic oxidation sites excluding steroid dienone is 1. The Bertz CT molecular complexity index is 634. The lowest BCUT2D eigenvalue weighted by atomic mass is 10.1. The van der Waals surface area contributed by atoms with Crippen LogP contribution < -0.4 is 5.43 Å². The summed E-state index contributed by atoms with van der Waals surface area (Å²) >= 11 is 0. The normalized spacial score (nSPS) is 11.4. The van der Waals surface area contributed by atoms with Crippen LogP contribution >= 0.6 is 0 Å². The molecule has 0 aliphatic rings. The van der Waals surface area contributed by atoms with Gasteiger partial charge in [0, 0.05) is 11.6 Å². The molecule has 0 saturated carbocycles. The minimum absolute atomic E-state index is 0.418. The number of nitrogens with zero attached hydrogens (tertiary/aromatic N) is 1. The number of hydrazone groups is 1. The van der Waals surface area contributed by atoms with E-state index in [9.17, 15) is 4.79 Å². The second kappa shape index (κ2) is 7.65. The molecule has 0 aliphatic heterocycles. The highest BCUT2D eigenvalue weighted by Gasteiger charge is 2.01. The highest BCUT2D eigenvalue weighted by Crippen LogP contribution is 2.07. The van der Waals surface area contributed by atoms with Gasteiger partial charge in [0.1, 0.15) is 0 Å². The van der Waals surface area contributed by atoms with E-state index in [0.717, 1.165) is 11.3 Å². The van der Waals surface area contributed by atoms with Crippen LogP contribution in [0.1, 0.15) is 5.56 Å². The molecule has 0 aliphatic carbocycles. The van der Waals surface area contributed by atoms with Gasteiger partial charge >= 0.3 is 5.97 Å².